The number of benzene rings is 3. The van der Waals surface area contributed by atoms with Crippen LogP contribution in [0, 0.1) is 0 Å². The van der Waals surface area contributed by atoms with Gasteiger partial charge in [0, 0.05) is 88.5 Å². The Morgan fingerprint density at radius 3 is 2.23 bits per heavy atom. The van der Waals surface area contributed by atoms with Gasteiger partial charge in [-0.15, -0.1) is 0 Å². The Labute approximate surface area is 381 Å². The van der Waals surface area contributed by atoms with Crippen LogP contribution in [0.3, 0.4) is 0 Å². The van der Waals surface area contributed by atoms with Crippen molar-refractivity contribution in [1.82, 2.24) is 39.8 Å². The highest BCUT2D eigenvalue weighted by atomic mass is 16.5. The summed E-state index contributed by atoms with van der Waals surface area (Å²) in [5, 5.41) is 8.43. The third-order valence-electron chi connectivity index (χ3n) is 14.5. The number of amides is 6. The maximum Gasteiger partial charge on any atom is 0.320 e. The molecule has 3 unspecified atom stereocenters. The summed E-state index contributed by atoms with van der Waals surface area (Å²) >= 11 is 0. The number of urea groups is 1. The van der Waals surface area contributed by atoms with Crippen molar-refractivity contribution in [3.63, 3.8) is 0 Å². The smallest absolute Gasteiger partial charge is 0.320 e. The van der Waals surface area contributed by atoms with Crippen molar-refractivity contribution in [2.45, 2.75) is 62.7 Å². The molecule has 4 N–H and O–H groups in total. The van der Waals surface area contributed by atoms with Gasteiger partial charge in [-0.25, -0.2) is 9.78 Å². The van der Waals surface area contributed by atoms with E-state index in [1.807, 2.05) is 70.5 Å². The molecular weight excluding hydrogens is 841 g/mol. The Balaban J connectivity index is 0.653. The first-order valence-electron chi connectivity index (χ1n) is 23.2. The molecule has 0 saturated carbocycles. The fourth-order valence-corrected chi connectivity index (χ4v) is 10.9. The predicted octanol–water partition coefficient (Wildman–Crippen LogP) is 2.09. The highest BCUT2D eigenvalue weighted by molar-refractivity contribution is 6.24. The van der Waals surface area contributed by atoms with E-state index in [0.29, 0.717) is 23.5 Å². The van der Waals surface area contributed by atoms with E-state index in [0.717, 1.165) is 141 Å². The van der Waals surface area contributed by atoms with Crippen LogP contribution in [0.15, 0.2) is 84.2 Å². The molecule has 0 radical (unpaired) electrons. The van der Waals surface area contributed by atoms with Crippen LogP contribution in [0.1, 0.15) is 70.4 Å². The van der Waals surface area contributed by atoms with Crippen molar-refractivity contribution < 1.29 is 33.7 Å². The monoisotopic (exact) mass is 893 g/mol. The Morgan fingerprint density at radius 2 is 1.47 bits per heavy atom. The first kappa shape index (κ1) is 41.9. The zero-order valence-electron chi connectivity index (χ0n) is 36.7. The fourth-order valence-electron chi connectivity index (χ4n) is 10.9. The molecule has 18 nitrogen and oxygen atoms in total. The zero-order chi connectivity index (χ0) is 45.1. The fraction of sp³-hybridized carbons (Fsp3) is 0.417. The normalized spacial score (nSPS) is 24.2. The lowest BCUT2D eigenvalue weighted by atomic mass is 9.99. The number of anilines is 2. The van der Waals surface area contributed by atoms with E-state index in [4.69, 9.17) is 20.6 Å². The lowest BCUT2D eigenvalue weighted by Gasteiger charge is -2.49. The number of rotatable bonds is 8. The number of quaternary nitrogens is 1. The van der Waals surface area contributed by atoms with Crippen LogP contribution in [0.5, 0.6) is 11.5 Å². The first-order chi connectivity index (χ1) is 32.2. The number of ether oxygens (including phenoxy) is 1. The Hall–Kier alpha value is -6.76. The van der Waals surface area contributed by atoms with Gasteiger partial charge >= 0.3 is 6.03 Å². The first-order valence-corrected chi connectivity index (χ1v) is 23.2. The second-order valence-corrected chi connectivity index (χ2v) is 18.4. The van der Waals surface area contributed by atoms with E-state index in [1.54, 1.807) is 12.1 Å². The molecule has 0 spiro atoms. The van der Waals surface area contributed by atoms with Gasteiger partial charge in [-0.2, -0.15) is 9.99 Å². The summed E-state index contributed by atoms with van der Waals surface area (Å²) in [6.45, 7) is 7.97. The van der Waals surface area contributed by atoms with Crippen LogP contribution < -0.4 is 25.7 Å². The molecule has 1 aromatic heterocycles. The number of piperidine rings is 3. The van der Waals surface area contributed by atoms with Gasteiger partial charge in [-0.3, -0.25) is 39.2 Å². The number of fused-ring (bicyclic) bond motifs is 2. The number of piperazine rings is 1. The molecule has 3 atom stereocenters. The topological polar surface area (TPSA) is 195 Å². The number of hydrogen-bond acceptors (Lipinski definition) is 13. The van der Waals surface area contributed by atoms with Crippen LogP contribution in [-0.2, 0) is 9.59 Å². The Bertz CT molecular complexity index is 2610. The number of aromatic nitrogens is 2. The summed E-state index contributed by atoms with van der Waals surface area (Å²) < 4.78 is 6.03. The third kappa shape index (κ3) is 7.71. The lowest BCUT2D eigenvalue weighted by molar-refractivity contribution is -0.868. The van der Waals surface area contributed by atoms with Gasteiger partial charge in [0.25, 0.3) is 17.6 Å². The molecular formula is C48H53N12O6+. The van der Waals surface area contributed by atoms with Gasteiger partial charge < -0.3 is 25.2 Å². The second-order valence-electron chi connectivity index (χ2n) is 18.4. The molecule has 7 aliphatic rings. The molecule has 6 amide bonds. The SMILES string of the molecule is Nc1ncnc2c1C(c1ccc(Oc3ccccc3)cc1)=N[NH+]2C1CCCN(C2CN(C(=O)N3CCC(N4CCN(c5ccc6c(c5)C(=O)N(C5CCC(=O)NC5=O)C6=O)CC4)CC3)C2)C1. The molecule has 340 valence electrons. The molecule has 4 aromatic rings. The quantitative estimate of drug-likeness (QED) is 0.219. The molecule has 3 aromatic carbocycles. The second kappa shape index (κ2) is 17.2. The molecule has 18 heteroatoms. The molecule has 66 heavy (non-hydrogen) atoms. The minimum atomic E-state index is -0.984. The van der Waals surface area contributed by atoms with Crippen molar-refractivity contribution in [3.8, 4) is 11.5 Å². The lowest BCUT2D eigenvalue weighted by Crippen LogP contribution is -3.08. The van der Waals surface area contributed by atoms with Crippen LogP contribution >= 0.6 is 0 Å². The van der Waals surface area contributed by atoms with Gasteiger partial charge in [0.2, 0.25) is 11.8 Å². The number of nitrogen functional groups attached to an aromatic ring is 1. The average Bonchev–Trinajstić information content (AvgIpc) is 3.84. The van der Waals surface area contributed by atoms with Crippen molar-refractivity contribution in [3.05, 3.63) is 101 Å². The standard InChI is InChI=1S/C48H52N12O6/c49-43-41-42(30-8-11-36(12-9-30)66-35-6-2-1-3-7-35)53-60(44(41)51-29-50-43)33-5-4-18-57(26-33)34-27-58(28-34)48(65)56-19-16-31(17-20-56)54-21-23-55(24-22-54)32-10-13-37-38(25-32)47(64)59(46(37)63)39-14-15-40(61)52-45(39)62/h1-3,6-13,25,29,31,33-34,39H,4-5,14-24,26-28H2,(H2,49,50,51)(H,52,61,62)/p+1. The highest BCUT2D eigenvalue weighted by Crippen LogP contribution is 2.33. The number of nitrogens with two attached hydrogens (primary N) is 1. The molecule has 11 rings (SSSR count). The molecule has 5 fully saturated rings. The maximum absolute atomic E-state index is 13.8. The number of likely N-dealkylation sites (tertiary alicyclic amines) is 3. The van der Waals surface area contributed by atoms with Crippen LogP contribution in [0.2, 0.25) is 0 Å². The number of imide groups is 2. The minimum Gasteiger partial charge on any atom is -0.457 e. The van der Waals surface area contributed by atoms with Crippen molar-refractivity contribution in [2.24, 2.45) is 5.10 Å². The average molecular weight is 894 g/mol. The third-order valence-corrected chi connectivity index (χ3v) is 14.5. The number of carbonyl (C=O) groups is 5. The molecule has 5 saturated heterocycles. The summed E-state index contributed by atoms with van der Waals surface area (Å²) in [7, 11) is 0. The van der Waals surface area contributed by atoms with Gasteiger partial charge in [0.15, 0.2) is 0 Å². The van der Waals surface area contributed by atoms with Crippen molar-refractivity contribution in [2.75, 3.05) is 76.1 Å². The number of para-hydroxylation sites is 1. The van der Waals surface area contributed by atoms with Gasteiger partial charge in [-0.1, -0.05) is 23.3 Å². The van der Waals surface area contributed by atoms with E-state index in [1.165, 1.54) is 6.33 Å². The summed E-state index contributed by atoms with van der Waals surface area (Å²) in [5.41, 5.74) is 10.4. The van der Waals surface area contributed by atoms with Gasteiger partial charge in [-0.05, 0) is 86.8 Å². The number of carbonyl (C=O) groups excluding carboxylic acids is 5. The summed E-state index contributed by atoms with van der Waals surface area (Å²) in [4.78, 5) is 85.9. The van der Waals surface area contributed by atoms with Gasteiger partial charge in [0.1, 0.15) is 47.0 Å². The van der Waals surface area contributed by atoms with Crippen molar-refractivity contribution >= 4 is 52.7 Å². The van der Waals surface area contributed by atoms with E-state index in [9.17, 15) is 24.0 Å². The minimum absolute atomic E-state index is 0.0849. The van der Waals surface area contributed by atoms with Crippen LogP contribution in [0.25, 0.3) is 0 Å². The Kier molecular flexibility index (Phi) is 10.9. The van der Waals surface area contributed by atoms with Crippen LogP contribution in [0.4, 0.5) is 22.1 Å². The molecule has 0 bridgehead atoms. The van der Waals surface area contributed by atoms with E-state index < -0.39 is 29.7 Å². The van der Waals surface area contributed by atoms with Crippen LogP contribution in [-0.4, -0.2) is 159 Å². The largest absolute Gasteiger partial charge is 0.457 e. The summed E-state index contributed by atoms with van der Waals surface area (Å²) in [6.07, 6.45) is 5.61. The number of nitrogens with one attached hydrogen (secondary N) is 2. The van der Waals surface area contributed by atoms with Crippen molar-refractivity contribution in [1.29, 1.82) is 0 Å². The summed E-state index contributed by atoms with van der Waals surface area (Å²) in [5.74, 6) is 0.729. The maximum atomic E-state index is 13.8. The van der Waals surface area contributed by atoms with E-state index >= 15 is 0 Å². The molecule has 8 heterocycles. The highest BCUT2D eigenvalue weighted by Gasteiger charge is 2.46. The Morgan fingerprint density at radius 1 is 0.727 bits per heavy atom. The molecule has 7 aliphatic heterocycles. The summed E-state index contributed by atoms with van der Waals surface area (Å²) in [6, 6.07) is 22.9. The number of nitrogens with zero attached hydrogens (tertiary/aromatic N) is 9. The number of hydrogen-bond donors (Lipinski definition) is 3. The predicted molar refractivity (Wildman–Crippen MR) is 243 cm³/mol. The van der Waals surface area contributed by atoms with E-state index in [2.05, 4.69) is 25.0 Å². The van der Waals surface area contributed by atoms with Gasteiger partial charge in [0.05, 0.1) is 17.7 Å². The zero-order valence-corrected chi connectivity index (χ0v) is 36.7. The van der Waals surface area contributed by atoms with E-state index in [-0.39, 0.29) is 30.5 Å². The molecule has 0 aliphatic carbocycles.